The number of nitrogens with zero attached hydrogens (tertiary/aromatic N) is 3. The van der Waals surface area contributed by atoms with Gasteiger partial charge in [-0.1, -0.05) is 0 Å². The van der Waals surface area contributed by atoms with Gasteiger partial charge in [-0.2, -0.15) is 5.26 Å². The van der Waals surface area contributed by atoms with Crippen molar-refractivity contribution in [2.24, 2.45) is 0 Å². The highest BCUT2D eigenvalue weighted by Crippen LogP contribution is 2.25. The largest absolute Gasteiger partial charge is 0.388 e. The monoisotopic (exact) mass is 217 g/mol. The second-order valence-electron chi connectivity index (χ2n) is 4.53. The van der Waals surface area contributed by atoms with Gasteiger partial charge in [-0.05, 0) is 31.9 Å². The van der Waals surface area contributed by atoms with E-state index >= 15 is 0 Å². The molecule has 0 aromatic carbocycles. The van der Waals surface area contributed by atoms with E-state index in [1.807, 2.05) is 19.1 Å². The molecule has 1 N–H and O–H groups in total. The molecule has 1 fully saturated rings. The van der Waals surface area contributed by atoms with Gasteiger partial charge in [0.25, 0.3) is 0 Å². The normalized spacial score (nSPS) is 25.2. The summed E-state index contributed by atoms with van der Waals surface area (Å²) < 4.78 is 0. The highest BCUT2D eigenvalue weighted by atomic mass is 16.3. The third-order valence-electron chi connectivity index (χ3n) is 2.90. The standard InChI is InChI=1S/C12H15N3O/c1-12(16)4-2-6-15(9-12)11-3-5-14-10(7-11)8-13/h3,5,7,16H,2,4,6,9H2,1H3. The summed E-state index contributed by atoms with van der Waals surface area (Å²) in [5, 5.41) is 18.8. The minimum Gasteiger partial charge on any atom is -0.388 e. The molecule has 84 valence electrons. The molecule has 1 aromatic heterocycles. The molecule has 0 bridgehead atoms. The molecule has 0 radical (unpaired) electrons. The average Bonchev–Trinajstić information content (AvgIpc) is 2.28. The topological polar surface area (TPSA) is 60.1 Å². The number of anilines is 1. The lowest BCUT2D eigenvalue weighted by Crippen LogP contribution is -2.46. The Morgan fingerprint density at radius 1 is 1.62 bits per heavy atom. The van der Waals surface area contributed by atoms with Crippen molar-refractivity contribution in [3.05, 3.63) is 24.0 Å². The van der Waals surface area contributed by atoms with Crippen LogP contribution in [0.3, 0.4) is 0 Å². The molecule has 2 rings (SSSR count). The third-order valence-corrected chi connectivity index (χ3v) is 2.90. The summed E-state index contributed by atoms with van der Waals surface area (Å²) in [5.74, 6) is 0. The Hall–Kier alpha value is -1.60. The van der Waals surface area contributed by atoms with E-state index in [-0.39, 0.29) is 0 Å². The van der Waals surface area contributed by atoms with Crippen molar-refractivity contribution in [2.75, 3.05) is 18.0 Å². The number of aromatic nitrogens is 1. The Kier molecular flexibility index (Phi) is 2.80. The fourth-order valence-electron chi connectivity index (χ4n) is 2.12. The first kappa shape index (κ1) is 10.9. The quantitative estimate of drug-likeness (QED) is 0.770. The highest BCUT2D eigenvalue weighted by Gasteiger charge is 2.28. The van der Waals surface area contributed by atoms with Crippen LogP contribution in [0, 0.1) is 11.3 Å². The second-order valence-corrected chi connectivity index (χ2v) is 4.53. The van der Waals surface area contributed by atoms with Crippen molar-refractivity contribution >= 4 is 5.69 Å². The number of rotatable bonds is 1. The average molecular weight is 217 g/mol. The zero-order valence-electron chi connectivity index (χ0n) is 9.35. The van der Waals surface area contributed by atoms with Crippen LogP contribution in [0.15, 0.2) is 18.3 Å². The fourth-order valence-corrected chi connectivity index (χ4v) is 2.12. The maximum atomic E-state index is 10.0. The van der Waals surface area contributed by atoms with Crippen LogP contribution in [0.5, 0.6) is 0 Å². The van der Waals surface area contributed by atoms with E-state index in [0.717, 1.165) is 25.1 Å². The summed E-state index contributed by atoms with van der Waals surface area (Å²) >= 11 is 0. The van der Waals surface area contributed by atoms with E-state index < -0.39 is 5.60 Å². The zero-order valence-corrected chi connectivity index (χ0v) is 9.35. The van der Waals surface area contributed by atoms with Crippen molar-refractivity contribution < 1.29 is 5.11 Å². The van der Waals surface area contributed by atoms with Crippen LogP contribution in [-0.4, -0.2) is 28.8 Å². The maximum Gasteiger partial charge on any atom is 0.142 e. The zero-order chi connectivity index (χ0) is 11.6. The van der Waals surface area contributed by atoms with Crippen LogP contribution in [0.1, 0.15) is 25.5 Å². The molecule has 0 saturated carbocycles. The summed E-state index contributed by atoms with van der Waals surface area (Å²) in [6.45, 7) is 3.39. The third kappa shape index (κ3) is 2.31. The number of β-amino-alcohol motifs (C(OH)–C–C–N with tert-alkyl or cyclic N) is 1. The highest BCUT2D eigenvalue weighted by molar-refractivity contribution is 5.49. The number of piperidine rings is 1. The van der Waals surface area contributed by atoms with Gasteiger partial charge in [-0.25, -0.2) is 4.98 Å². The van der Waals surface area contributed by atoms with E-state index in [2.05, 4.69) is 9.88 Å². The molecule has 16 heavy (non-hydrogen) atoms. The number of hydrogen-bond donors (Lipinski definition) is 1. The van der Waals surface area contributed by atoms with Crippen molar-refractivity contribution in [1.29, 1.82) is 5.26 Å². The first-order valence-corrected chi connectivity index (χ1v) is 5.44. The van der Waals surface area contributed by atoms with Gasteiger partial charge in [0.1, 0.15) is 11.8 Å². The molecular weight excluding hydrogens is 202 g/mol. The molecule has 0 aliphatic carbocycles. The van der Waals surface area contributed by atoms with E-state index in [1.54, 1.807) is 12.3 Å². The molecule has 1 aromatic rings. The molecule has 1 unspecified atom stereocenters. The van der Waals surface area contributed by atoms with Crippen molar-refractivity contribution in [1.82, 2.24) is 4.98 Å². The molecule has 4 heteroatoms. The summed E-state index contributed by atoms with van der Waals surface area (Å²) in [6, 6.07) is 5.67. The lowest BCUT2D eigenvalue weighted by Gasteiger charge is -2.38. The molecule has 1 saturated heterocycles. The van der Waals surface area contributed by atoms with Gasteiger partial charge in [0.2, 0.25) is 0 Å². The van der Waals surface area contributed by atoms with E-state index in [9.17, 15) is 5.11 Å². The number of pyridine rings is 1. The predicted molar refractivity (Wildman–Crippen MR) is 61.0 cm³/mol. The van der Waals surface area contributed by atoms with Crippen LogP contribution in [0.4, 0.5) is 5.69 Å². The Morgan fingerprint density at radius 2 is 2.44 bits per heavy atom. The molecular formula is C12H15N3O. The molecule has 1 aliphatic rings. The Morgan fingerprint density at radius 3 is 3.12 bits per heavy atom. The van der Waals surface area contributed by atoms with Gasteiger partial charge in [-0.15, -0.1) is 0 Å². The number of hydrogen-bond acceptors (Lipinski definition) is 4. The van der Waals surface area contributed by atoms with E-state index in [1.165, 1.54) is 0 Å². The molecule has 4 nitrogen and oxygen atoms in total. The van der Waals surface area contributed by atoms with Crippen LogP contribution >= 0.6 is 0 Å². The van der Waals surface area contributed by atoms with Gasteiger partial charge in [-0.3, -0.25) is 0 Å². The van der Waals surface area contributed by atoms with Crippen LogP contribution < -0.4 is 4.90 Å². The number of aliphatic hydroxyl groups is 1. The summed E-state index contributed by atoms with van der Waals surface area (Å²) in [6.07, 6.45) is 3.44. The molecule has 1 atom stereocenters. The predicted octanol–water partition coefficient (Wildman–Crippen LogP) is 1.30. The minimum atomic E-state index is -0.631. The Balaban J connectivity index is 2.21. The Bertz CT molecular complexity index is 423. The van der Waals surface area contributed by atoms with Crippen LogP contribution in [-0.2, 0) is 0 Å². The van der Waals surface area contributed by atoms with E-state index in [0.29, 0.717) is 12.2 Å². The lowest BCUT2D eigenvalue weighted by molar-refractivity contribution is 0.0449. The maximum absolute atomic E-state index is 10.0. The molecule has 0 amide bonds. The van der Waals surface area contributed by atoms with Gasteiger partial charge in [0, 0.05) is 25.0 Å². The minimum absolute atomic E-state index is 0.419. The smallest absolute Gasteiger partial charge is 0.142 e. The van der Waals surface area contributed by atoms with Gasteiger partial charge in [0.15, 0.2) is 0 Å². The molecule has 0 spiro atoms. The van der Waals surface area contributed by atoms with Gasteiger partial charge >= 0.3 is 0 Å². The number of nitriles is 1. The first-order valence-electron chi connectivity index (χ1n) is 5.44. The SMILES string of the molecule is CC1(O)CCCN(c2ccnc(C#N)c2)C1. The van der Waals surface area contributed by atoms with Crippen molar-refractivity contribution in [3.63, 3.8) is 0 Å². The molecule has 1 aliphatic heterocycles. The second kappa shape index (κ2) is 4.11. The lowest BCUT2D eigenvalue weighted by atomic mass is 9.95. The van der Waals surface area contributed by atoms with Crippen molar-refractivity contribution in [3.8, 4) is 6.07 Å². The van der Waals surface area contributed by atoms with Crippen LogP contribution in [0.25, 0.3) is 0 Å². The summed E-state index contributed by atoms with van der Waals surface area (Å²) in [7, 11) is 0. The first-order chi connectivity index (χ1) is 7.61. The van der Waals surface area contributed by atoms with Gasteiger partial charge < -0.3 is 10.0 Å². The summed E-state index contributed by atoms with van der Waals surface area (Å²) in [4.78, 5) is 6.04. The molecule has 2 heterocycles. The van der Waals surface area contributed by atoms with Gasteiger partial charge in [0.05, 0.1) is 5.60 Å². The summed E-state index contributed by atoms with van der Waals surface area (Å²) in [5.41, 5.74) is 0.753. The van der Waals surface area contributed by atoms with E-state index in [4.69, 9.17) is 5.26 Å². The van der Waals surface area contributed by atoms with Crippen LogP contribution in [0.2, 0.25) is 0 Å². The van der Waals surface area contributed by atoms with Crippen molar-refractivity contribution in [2.45, 2.75) is 25.4 Å². The fraction of sp³-hybridized carbons (Fsp3) is 0.500. The Labute approximate surface area is 95.1 Å².